The van der Waals surface area contributed by atoms with Crippen molar-refractivity contribution in [2.45, 2.75) is 44.9 Å². The Balaban J connectivity index is 1.95. The second-order valence-corrected chi connectivity index (χ2v) is 14.2. The summed E-state index contributed by atoms with van der Waals surface area (Å²) in [5, 5.41) is -0.800. The zero-order valence-electron chi connectivity index (χ0n) is 17.7. The highest BCUT2D eigenvalue weighted by molar-refractivity contribution is 7.96. The molecule has 1 aromatic carbocycles. The number of nitrogens with zero attached hydrogens (tertiary/aromatic N) is 1. The SMILES string of the molecule is CCN(C(=O)OC)[C@H]1C[C@H](C)S(=O)(=O)c2sc(S(=O)(=O)NCS(=O)c3ccccc3)cc21. The zero-order chi connectivity index (χ0) is 23.7. The van der Waals surface area contributed by atoms with E-state index in [9.17, 15) is 25.8 Å². The first-order chi connectivity index (χ1) is 15.0. The van der Waals surface area contributed by atoms with Crippen LogP contribution >= 0.6 is 11.3 Å². The van der Waals surface area contributed by atoms with Gasteiger partial charge < -0.3 is 9.64 Å². The van der Waals surface area contributed by atoms with E-state index in [0.29, 0.717) is 16.2 Å². The van der Waals surface area contributed by atoms with Crippen LogP contribution in [-0.2, 0) is 35.4 Å². The minimum absolute atomic E-state index is 0.0758. The second-order valence-electron chi connectivity index (χ2n) is 7.12. The lowest BCUT2D eigenvalue weighted by molar-refractivity contribution is 0.104. The van der Waals surface area contributed by atoms with Crippen molar-refractivity contribution in [2.24, 2.45) is 0 Å². The van der Waals surface area contributed by atoms with E-state index in [1.165, 1.54) is 25.0 Å². The summed E-state index contributed by atoms with van der Waals surface area (Å²) >= 11 is 0.635. The molecule has 3 atom stereocenters. The summed E-state index contributed by atoms with van der Waals surface area (Å²) in [5.74, 6) is -0.356. The molecule has 3 rings (SSSR count). The van der Waals surface area contributed by atoms with Crippen LogP contribution in [0.1, 0.15) is 31.9 Å². The van der Waals surface area contributed by atoms with Crippen LogP contribution in [0.15, 0.2) is 49.7 Å². The topological polar surface area (TPSA) is 127 Å². The van der Waals surface area contributed by atoms with Gasteiger partial charge >= 0.3 is 6.09 Å². The van der Waals surface area contributed by atoms with Gasteiger partial charge in [-0.3, -0.25) is 4.21 Å². The third-order valence-corrected chi connectivity index (χ3v) is 12.3. The van der Waals surface area contributed by atoms with Crippen molar-refractivity contribution in [2.75, 3.05) is 19.5 Å². The molecule has 2 aromatic rings. The molecule has 0 aliphatic carbocycles. The number of sulfonamides is 1. The maximum atomic E-state index is 12.9. The molecule has 0 spiro atoms. The van der Waals surface area contributed by atoms with Crippen LogP contribution in [0, 0.1) is 0 Å². The van der Waals surface area contributed by atoms with Crippen molar-refractivity contribution < 1.29 is 30.6 Å². The number of nitrogens with one attached hydrogen (secondary N) is 1. The lowest BCUT2D eigenvalue weighted by Gasteiger charge is -2.34. The number of carbonyl (C=O) groups is 1. The number of hydrogen-bond acceptors (Lipinski definition) is 8. The van der Waals surface area contributed by atoms with Gasteiger partial charge in [0.25, 0.3) is 10.0 Å². The first-order valence-corrected chi connectivity index (χ1v) is 14.8. The molecule has 9 nitrogen and oxygen atoms in total. The normalized spacial score (nSPS) is 20.8. The van der Waals surface area contributed by atoms with Gasteiger partial charge in [-0.05, 0) is 38.5 Å². The summed E-state index contributed by atoms with van der Waals surface area (Å²) < 4.78 is 70.8. The standard InChI is InChI=1S/C19H24N2O7S4/c1-4-21(19(22)28-3)16-10-13(2)31(24,25)18-15(16)11-17(29-18)32(26,27)20-12-30(23)14-8-6-5-7-9-14/h5-9,11,13,16,20H,4,10,12H2,1-3H3/t13-,16-,30?/m0/s1. The van der Waals surface area contributed by atoms with Gasteiger partial charge in [0.05, 0.1) is 35.1 Å². The Morgan fingerprint density at radius 2 is 1.97 bits per heavy atom. The van der Waals surface area contributed by atoms with Gasteiger partial charge in [0, 0.05) is 17.0 Å². The van der Waals surface area contributed by atoms with Gasteiger partial charge in [0.2, 0.25) is 0 Å². The largest absolute Gasteiger partial charge is 0.453 e. The van der Waals surface area contributed by atoms with Crippen LogP contribution < -0.4 is 4.72 Å². The Kier molecular flexibility index (Phi) is 7.44. The Labute approximate surface area is 194 Å². The average molecular weight is 521 g/mol. The summed E-state index contributed by atoms with van der Waals surface area (Å²) in [6.45, 7) is 3.52. The molecule has 176 valence electrons. The number of rotatable bonds is 7. The fourth-order valence-electron chi connectivity index (χ4n) is 3.45. The molecule has 1 amide bonds. The predicted octanol–water partition coefficient (Wildman–Crippen LogP) is 2.49. The number of ether oxygens (including phenoxy) is 1. The molecule has 2 heterocycles. The molecule has 0 saturated carbocycles. The Hall–Kier alpha value is -1.80. The summed E-state index contributed by atoms with van der Waals surface area (Å²) in [6, 6.07) is 9.04. The number of benzene rings is 1. The minimum atomic E-state index is -4.13. The van der Waals surface area contributed by atoms with E-state index in [4.69, 9.17) is 4.74 Å². The van der Waals surface area contributed by atoms with Gasteiger partial charge in [-0.1, -0.05) is 18.2 Å². The van der Waals surface area contributed by atoms with Crippen LogP contribution in [-0.4, -0.2) is 56.8 Å². The third kappa shape index (κ3) is 4.76. The predicted molar refractivity (Wildman–Crippen MR) is 121 cm³/mol. The van der Waals surface area contributed by atoms with Crippen molar-refractivity contribution in [1.82, 2.24) is 9.62 Å². The maximum Gasteiger partial charge on any atom is 0.409 e. The molecule has 0 radical (unpaired) electrons. The lowest BCUT2D eigenvalue weighted by Crippen LogP contribution is -2.40. The Bertz CT molecular complexity index is 1220. The number of thiophene rings is 1. The van der Waals surface area contributed by atoms with Gasteiger partial charge in [-0.25, -0.2) is 21.6 Å². The number of amides is 1. The second kappa shape index (κ2) is 9.59. The van der Waals surface area contributed by atoms with Crippen molar-refractivity contribution in [3.63, 3.8) is 0 Å². The van der Waals surface area contributed by atoms with Crippen molar-refractivity contribution >= 4 is 48.1 Å². The molecule has 0 saturated heterocycles. The fraction of sp³-hybridized carbons (Fsp3) is 0.421. The fourth-order valence-corrected chi connectivity index (χ4v) is 9.81. The van der Waals surface area contributed by atoms with Crippen molar-refractivity contribution in [3.8, 4) is 0 Å². The molecule has 1 aliphatic heterocycles. The first kappa shape index (κ1) is 24.8. The monoisotopic (exact) mass is 520 g/mol. The average Bonchev–Trinajstić information content (AvgIpc) is 3.24. The quantitative estimate of drug-likeness (QED) is 0.594. The van der Waals surface area contributed by atoms with Crippen LogP contribution in [0.3, 0.4) is 0 Å². The van der Waals surface area contributed by atoms with Crippen LogP contribution in [0.5, 0.6) is 0 Å². The highest BCUT2D eigenvalue weighted by Crippen LogP contribution is 2.45. The molecule has 1 aliphatic rings. The van der Waals surface area contributed by atoms with E-state index >= 15 is 0 Å². The number of carbonyl (C=O) groups excluding carboxylic acids is 1. The lowest BCUT2D eigenvalue weighted by atomic mass is 10.0. The van der Waals surface area contributed by atoms with Gasteiger partial charge in [-0.15, -0.1) is 11.3 Å². The molecule has 13 heteroatoms. The summed E-state index contributed by atoms with van der Waals surface area (Å²) in [7, 11) is -8.26. The Morgan fingerprint density at radius 3 is 2.56 bits per heavy atom. The van der Waals surface area contributed by atoms with E-state index in [0.717, 1.165) is 0 Å². The maximum absolute atomic E-state index is 12.9. The van der Waals surface area contributed by atoms with Crippen molar-refractivity contribution in [3.05, 3.63) is 42.0 Å². The molecule has 1 aromatic heterocycles. The molecular weight excluding hydrogens is 496 g/mol. The molecule has 0 bridgehead atoms. The third-order valence-electron chi connectivity index (χ3n) is 5.18. The highest BCUT2D eigenvalue weighted by atomic mass is 32.3. The molecular formula is C19H24N2O7S4. The van der Waals surface area contributed by atoms with Gasteiger partial charge in [0.15, 0.2) is 9.84 Å². The summed E-state index contributed by atoms with van der Waals surface area (Å²) in [5.41, 5.74) is 0.255. The van der Waals surface area contributed by atoms with Gasteiger partial charge in [0.1, 0.15) is 8.42 Å². The Morgan fingerprint density at radius 1 is 1.31 bits per heavy atom. The van der Waals surface area contributed by atoms with E-state index in [1.807, 2.05) is 0 Å². The molecule has 0 fully saturated rings. The van der Waals surface area contributed by atoms with Crippen molar-refractivity contribution in [1.29, 1.82) is 0 Å². The van der Waals surface area contributed by atoms with Crippen LogP contribution in [0.4, 0.5) is 4.79 Å². The number of sulfone groups is 1. The van der Waals surface area contributed by atoms with Crippen LogP contribution in [0.25, 0.3) is 0 Å². The number of methoxy groups -OCH3 is 1. The van der Waals surface area contributed by atoms with E-state index < -0.39 is 48.0 Å². The van der Waals surface area contributed by atoms with Crippen LogP contribution in [0.2, 0.25) is 0 Å². The summed E-state index contributed by atoms with van der Waals surface area (Å²) in [6.07, 6.45) is -0.498. The molecule has 1 N–H and O–H groups in total. The molecule has 1 unspecified atom stereocenters. The summed E-state index contributed by atoms with van der Waals surface area (Å²) in [4.78, 5) is 14.1. The smallest absolute Gasteiger partial charge is 0.409 e. The van der Waals surface area contributed by atoms with E-state index in [1.54, 1.807) is 37.3 Å². The van der Waals surface area contributed by atoms with Gasteiger partial charge in [-0.2, -0.15) is 4.72 Å². The first-order valence-electron chi connectivity index (χ1n) is 9.68. The number of hydrogen-bond donors (Lipinski definition) is 1. The zero-order valence-corrected chi connectivity index (χ0v) is 20.9. The highest BCUT2D eigenvalue weighted by Gasteiger charge is 2.43. The molecule has 32 heavy (non-hydrogen) atoms. The van der Waals surface area contributed by atoms with E-state index in [2.05, 4.69) is 4.72 Å². The number of fused-ring (bicyclic) bond motifs is 1. The van der Waals surface area contributed by atoms with E-state index in [-0.39, 0.29) is 32.8 Å². The minimum Gasteiger partial charge on any atom is -0.453 e.